The third-order valence-corrected chi connectivity index (χ3v) is 9.74. The van der Waals surface area contributed by atoms with Crippen LogP contribution >= 0.6 is 0 Å². The second-order valence-corrected chi connectivity index (χ2v) is 16.1. The Bertz CT molecular complexity index is 1220. The molecule has 0 saturated carbocycles. The van der Waals surface area contributed by atoms with E-state index < -0.39 is 18.1 Å². The molecule has 2 unspecified atom stereocenters. The third kappa shape index (κ3) is 38.1. The summed E-state index contributed by atoms with van der Waals surface area (Å²) in [7, 11) is 5.38. The fourth-order valence-corrected chi connectivity index (χ4v) is 6.23. The topological polar surface area (TPSA) is 102 Å². The first kappa shape index (κ1) is 54.5. The highest BCUT2D eigenvalue weighted by Gasteiger charge is 2.25. The van der Waals surface area contributed by atoms with Crippen molar-refractivity contribution in [2.75, 3.05) is 41.0 Å². The van der Waals surface area contributed by atoms with Crippen molar-refractivity contribution in [2.45, 2.75) is 174 Å². The zero-order valence-corrected chi connectivity index (χ0v) is 37.4. The number of carbonyl (C=O) groups is 3. The molecule has 0 radical (unpaired) electrons. The standard InChI is InChI=1S/C50H83NO7/c1-6-8-10-12-14-16-18-20-22-23-24-25-27-29-31-33-35-37-39-41-49(53)58-46(44-56-43-42-47(50(54)55)51(3,4)5)45-57-48(52)40-38-36-34-32-30-28-26-21-19-17-15-13-11-9-7-2/h8,10,12,14,16,18,20,22-25,27,29,31,46-47H,6-7,9,11,13,15,17,19,21,26,28,30,32-45H2,1-5H3/b10-8+,14-12+,18-16+,22-20+,24-23+,27-25+,31-29+. The molecule has 0 aliphatic rings. The van der Waals surface area contributed by atoms with Crippen molar-refractivity contribution in [3.8, 4) is 0 Å². The average molecular weight is 810 g/mol. The van der Waals surface area contributed by atoms with Gasteiger partial charge in [0.25, 0.3) is 0 Å². The molecule has 8 heteroatoms. The Morgan fingerprint density at radius 1 is 0.534 bits per heavy atom. The minimum Gasteiger partial charge on any atom is -0.544 e. The normalized spacial score (nSPS) is 13.7. The van der Waals surface area contributed by atoms with Gasteiger partial charge < -0.3 is 28.6 Å². The van der Waals surface area contributed by atoms with E-state index in [9.17, 15) is 19.5 Å². The number of aliphatic carboxylic acids is 1. The van der Waals surface area contributed by atoms with E-state index in [2.05, 4.69) is 26.0 Å². The highest BCUT2D eigenvalue weighted by molar-refractivity contribution is 5.70. The van der Waals surface area contributed by atoms with Crippen LogP contribution in [0.15, 0.2) is 85.1 Å². The van der Waals surface area contributed by atoms with E-state index in [4.69, 9.17) is 14.2 Å². The Balaban J connectivity index is 4.46. The monoisotopic (exact) mass is 810 g/mol. The summed E-state index contributed by atoms with van der Waals surface area (Å²) < 4.78 is 17.1. The van der Waals surface area contributed by atoms with Gasteiger partial charge in [0, 0.05) is 19.3 Å². The van der Waals surface area contributed by atoms with Crippen LogP contribution in [0.4, 0.5) is 0 Å². The lowest BCUT2D eigenvalue weighted by Crippen LogP contribution is -2.55. The minimum absolute atomic E-state index is 0.0184. The van der Waals surface area contributed by atoms with Gasteiger partial charge in [-0.05, 0) is 32.1 Å². The molecule has 0 aliphatic heterocycles. The molecule has 0 aliphatic carbocycles. The van der Waals surface area contributed by atoms with E-state index in [0.717, 1.165) is 44.9 Å². The highest BCUT2D eigenvalue weighted by atomic mass is 16.6. The van der Waals surface area contributed by atoms with E-state index in [1.54, 1.807) is 21.1 Å². The maximum atomic E-state index is 12.7. The van der Waals surface area contributed by atoms with Crippen LogP contribution in [0.1, 0.15) is 162 Å². The van der Waals surface area contributed by atoms with Crippen LogP contribution in [-0.4, -0.2) is 75.5 Å². The number of hydrogen-bond donors (Lipinski definition) is 0. The molecule has 0 spiro atoms. The zero-order valence-electron chi connectivity index (χ0n) is 37.4. The number of quaternary nitrogens is 1. The van der Waals surface area contributed by atoms with E-state index in [0.29, 0.717) is 12.8 Å². The number of carboxylic acid groups (broad SMARTS) is 1. The van der Waals surface area contributed by atoms with E-state index in [-0.39, 0.29) is 49.1 Å². The maximum Gasteiger partial charge on any atom is 0.306 e. The lowest BCUT2D eigenvalue weighted by Gasteiger charge is -2.34. The van der Waals surface area contributed by atoms with Crippen molar-refractivity contribution in [2.24, 2.45) is 0 Å². The molecular formula is C50H83NO7. The van der Waals surface area contributed by atoms with Crippen LogP contribution in [0.25, 0.3) is 0 Å². The summed E-state index contributed by atoms with van der Waals surface area (Å²) in [5, 5.41) is 11.6. The molecule has 58 heavy (non-hydrogen) atoms. The number of hydrogen-bond acceptors (Lipinski definition) is 7. The Hall–Kier alpha value is -3.49. The first-order valence-electron chi connectivity index (χ1n) is 22.7. The molecule has 0 aromatic heterocycles. The van der Waals surface area contributed by atoms with Gasteiger partial charge in [-0.15, -0.1) is 0 Å². The molecule has 0 fully saturated rings. The highest BCUT2D eigenvalue weighted by Crippen LogP contribution is 2.15. The molecule has 0 amide bonds. The lowest BCUT2D eigenvalue weighted by atomic mass is 10.0. The van der Waals surface area contributed by atoms with E-state index in [1.807, 2.05) is 72.9 Å². The largest absolute Gasteiger partial charge is 0.544 e. The van der Waals surface area contributed by atoms with Gasteiger partial charge in [-0.2, -0.15) is 0 Å². The summed E-state index contributed by atoms with van der Waals surface area (Å²) in [6.45, 7) is 4.46. The number of ether oxygens (including phenoxy) is 3. The molecule has 330 valence electrons. The van der Waals surface area contributed by atoms with Crippen molar-refractivity contribution in [1.29, 1.82) is 0 Å². The SMILES string of the molecule is CC/C=C/C=C/C=C/C=C/C=C/C=C/C=C/CCCCCC(=O)OC(COCCC(C(=O)[O-])[N+](C)(C)C)COC(=O)CCCCCCCCCCCCCCCCC. The Morgan fingerprint density at radius 2 is 0.966 bits per heavy atom. The van der Waals surface area contributed by atoms with Crippen molar-refractivity contribution in [1.82, 2.24) is 0 Å². The third-order valence-electron chi connectivity index (χ3n) is 9.74. The molecule has 0 aromatic rings. The molecule has 0 saturated heterocycles. The smallest absolute Gasteiger partial charge is 0.306 e. The minimum atomic E-state index is -1.14. The van der Waals surface area contributed by atoms with Gasteiger partial charge in [0.2, 0.25) is 0 Å². The van der Waals surface area contributed by atoms with Crippen molar-refractivity contribution in [3.63, 3.8) is 0 Å². The van der Waals surface area contributed by atoms with Gasteiger partial charge >= 0.3 is 11.9 Å². The quantitative estimate of drug-likeness (QED) is 0.0264. The summed E-state index contributed by atoms with van der Waals surface area (Å²) in [6.07, 6.45) is 51.7. The fraction of sp³-hybridized carbons (Fsp3) is 0.660. The van der Waals surface area contributed by atoms with Crippen molar-refractivity contribution >= 4 is 17.9 Å². The van der Waals surface area contributed by atoms with Crippen molar-refractivity contribution in [3.05, 3.63) is 85.1 Å². The lowest BCUT2D eigenvalue weighted by molar-refractivity contribution is -0.889. The predicted molar refractivity (Wildman–Crippen MR) is 240 cm³/mol. The summed E-state index contributed by atoms with van der Waals surface area (Å²) in [6, 6.07) is -0.738. The van der Waals surface area contributed by atoms with Gasteiger partial charge in [0.05, 0.1) is 40.3 Å². The second-order valence-electron chi connectivity index (χ2n) is 16.1. The molecule has 8 nitrogen and oxygen atoms in total. The first-order chi connectivity index (χ1) is 28.1. The second kappa shape index (κ2) is 40.3. The van der Waals surface area contributed by atoms with Crippen LogP contribution in [-0.2, 0) is 28.6 Å². The molecular weight excluding hydrogens is 727 g/mol. The molecule has 2 atom stereocenters. The Kier molecular flexibility index (Phi) is 37.9. The van der Waals surface area contributed by atoms with E-state index >= 15 is 0 Å². The molecule has 0 heterocycles. The molecule has 0 bridgehead atoms. The fourth-order valence-electron chi connectivity index (χ4n) is 6.23. The van der Waals surface area contributed by atoms with Crippen LogP contribution < -0.4 is 5.11 Å². The molecule has 0 N–H and O–H groups in total. The van der Waals surface area contributed by atoms with Gasteiger partial charge in [-0.1, -0.05) is 195 Å². The van der Waals surface area contributed by atoms with Crippen LogP contribution in [0.3, 0.4) is 0 Å². The van der Waals surface area contributed by atoms with Crippen LogP contribution in [0.2, 0.25) is 0 Å². The number of nitrogens with zero attached hydrogens (tertiary/aromatic N) is 1. The number of esters is 2. The van der Waals surface area contributed by atoms with Crippen LogP contribution in [0, 0.1) is 0 Å². The van der Waals surface area contributed by atoms with Gasteiger partial charge in [0.15, 0.2) is 6.10 Å². The van der Waals surface area contributed by atoms with E-state index in [1.165, 1.54) is 77.0 Å². The summed E-state index contributed by atoms with van der Waals surface area (Å²) in [5.74, 6) is -1.80. The molecule has 0 aromatic carbocycles. The number of carboxylic acids is 1. The zero-order chi connectivity index (χ0) is 42.8. The predicted octanol–water partition coefficient (Wildman–Crippen LogP) is 11.2. The number of unbranched alkanes of at least 4 members (excludes halogenated alkanes) is 17. The Morgan fingerprint density at radius 3 is 1.43 bits per heavy atom. The number of allylic oxidation sites excluding steroid dienone is 14. The molecule has 0 rings (SSSR count). The summed E-state index contributed by atoms with van der Waals surface area (Å²) >= 11 is 0. The Labute approximate surface area is 354 Å². The van der Waals surface area contributed by atoms with Gasteiger partial charge in [-0.25, -0.2) is 0 Å². The first-order valence-corrected chi connectivity index (χ1v) is 22.7. The maximum absolute atomic E-state index is 12.7. The van der Waals surface area contributed by atoms with Gasteiger partial charge in [-0.3, -0.25) is 9.59 Å². The summed E-state index contributed by atoms with van der Waals surface area (Å²) in [4.78, 5) is 36.9. The van der Waals surface area contributed by atoms with Gasteiger partial charge in [0.1, 0.15) is 12.6 Å². The van der Waals surface area contributed by atoms with Crippen molar-refractivity contribution < 1.29 is 38.2 Å². The number of carbonyl (C=O) groups excluding carboxylic acids is 3. The number of likely N-dealkylation sites (N-methyl/N-ethyl adjacent to an activating group) is 1. The number of rotatable bonds is 39. The van der Waals surface area contributed by atoms with Crippen LogP contribution in [0.5, 0.6) is 0 Å². The average Bonchev–Trinajstić information content (AvgIpc) is 3.18. The summed E-state index contributed by atoms with van der Waals surface area (Å²) in [5.41, 5.74) is 0.